The normalized spacial score (nSPS) is 12.3. The lowest BCUT2D eigenvalue weighted by molar-refractivity contribution is 0.596. The third kappa shape index (κ3) is 5.10. The topological polar surface area (TPSA) is 12.0 Å². The van der Waals surface area contributed by atoms with Gasteiger partial charge in [-0.15, -0.1) is 0 Å². The Kier molecular flexibility index (Phi) is 6.28. The zero-order chi connectivity index (χ0) is 14.2. The Morgan fingerprint density at radius 2 is 1.70 bits per heavy atom. The first-order valence-electron chi connectivity index (χ1n) is 7.26. The molecule has 1 N–H and O–H groups in total. The molecule has 1 nitrogen and oxygen atoms in total. The van der Waals surface area contributed by atoms with Gasteiger partial charge >= 0.3 is 0 Å². The Labute approximate surface area is 130 Å². The summed E-state index contributed by atoms with van der Waals surface area (Å²) in [5.74, 6) is 0.555. The van der Waals surface area contributed by atoms with E-state index in [9.17, 15) is 0 Å². The summed E-state index contributed by atoms with van der Waals surface area (Å²) in [4.78, 5) is 0. The van der Waals surface area contributed by atoms with Crippen LogP contribution in [0.3, 0.4) is 0 Å². The number of benzene rings is 2. The maximum Gasteiger partial charge on any atom is 0.0175 e. The van der Waals surface area contributed by atoms with Crippen molar-refractivity contribution in [3.8, 4) is 0 Å². The van der Waals surface area contributed by atoms with Gasteiger partial charge in [0.05, 0.1) is 0 Å². The fourth-order valence-corrected chi connectivity index (χ4v) is 2.55. The Morgan fingerprint density at radius 1 is 1.00 bits per heavy atom. The van der Waals surface area contributed by atoms with E-state index >= 15 is 0 Å². The Morgan fingerprint density at radius 3 is 2.40 bits per heavy atom. The van der Waals surface area contributed by atoms with E-state index in [-0.39, 0.29) is 0 Å². The van der Waals surface area contributed by atoms with Crippen LogP contribution in [0, 0.1) is 0 Å². The Bertz CT molecular complexity index is 493. The van der Waals surface area contributed by atoms with Crippen molar-refractivity contribution in [2.45, 2.75) is 25.7 Å². The van der Waals surface area contributed by atoms with Crippen molar-refractivity contribution < 1.29 is 0 Å². The van der Waals surface area contributed by atoms with Gasteiger partial charge in [0.1, 0.15) is 0 Å². The molecule has 0 saturated heterocycles. The maximum absolute atomic E-state index is 3.56. The molecule has 2 heteroatoms. The number of hydrogen-bond acceptors (Lipinski definition) is 1. The van der Waals surface area contributed by atoms with Gasteiger partial charge < -0.3 is 5.32 Å². The van der Waals surface area contributed by atoms with Crippen LogP contribution in [0.2, 0.25) is 0 Å². The molecular weight excluding hydrogens is 310 g/mol. The predicted octanol–water partition coefficient (Wildman–Crippen LogP) is 4.78. The van der Waals surface area contributed by atoms with Crippen LogP contribution in [0.4, 0.5) is 0 Å². The highest BCUT2D eigenvalue weighted by Gasteiger charge is 2.04. The second-order valence-corrected chi connectivity index (χ2v) is 6.16. The summed E-state index contributed by atoms with van der Waals surface area (Å²) in [6, 6.07) is 19.3. The smallest absolute Gasteiger partial charge is 0.0175 e. The van der Waals surface area contributed by atoms with Crippen molar-refractivity contribution in [3.63, 3.8) is 0 Å². The monoisotopic (exact) mass is 331 g/mol. The summed E-state index contributed by atoms with van der Waals surface area (Å²) < 4.78 is 1.14. The lowest BCUT2D eigenvalue weighted by atomic mass is 10.0. The molecule has 106 valence electrons. The van der Waals surface area contributed by atoms with E-state index in [0.717, 1.165) is 24.0 Å². The van der Waals surface area contributed by atoms with Crippen molar-refractivity contribution in [2.24, 2.45) is 0 Å². The van der Waals surface area contributed by atoms with Crippen LogP contribution >= 0.6 is 15.9 Å². The van der Waals surface area contributed by atoms with Crippen molar-refractivity contribution in [1.29, 1.82) is 0 Å². The first-order chi connectivity index (χ1) is 9.75. The molecular formula is C18H22BrN. The van der Waals surface area contributed by atoms with Gasteiger partial charge in [-0.1, -0.05) is 65.3 Å². The zero-order valence-electron chi connectivity index (χ0n) is 12.0. The number of aryl methyl sites for hydroxylation is 1. The molecule has 0 aromatic heterocycles. The van der Waals surface area contributed by atoms with E-state index in [2.05, 4.69) is 82.8 Å². The second-order valence-electron chi connectivity index (χ2n) is 5.25. The van der Waals surface area contributed by atoms with Crippen LogP contribution in [0.25, 0.3) is 0 Å². The molecule has 0 fully saturated rings. The van der Waals surface area contributed by atoms with Gasteiger partial charge in [-0.2, -0.15) is 0 Å². The summed E-state index contributed by atoms with van der Waals surface area (Å²) in [6.45, 7) is 4.39. The second kappa shape index (κ2) is 8.23. The highest BCUT2D eigenvalue weighted by molar-refractivity contribution is 9.10. The van der Waals surface area contributed by atoms with Crippen molar-refractivity contribution in [2.75, 3.05) is 13.1 Å². The van der Waals surface area contributed by atoms with Gasteiger partial charge in [0, 0.05) is 11.0 Å². The van der Waals surface area contributed by atoms with Crippen LogP contribution in [0.1, 0.15) is 30.4 Å². The molecule has 0 aliphatic carbocycles. The summed E-state index contributed by atoms with van der Waals surface area (Å²) in [6.07, 6.45) is 2.34. The van der Waals surface area contributed by atoms with Crippen LogP contribution in [-0.2, 0) is 6.42 Å². The van der Waals surface area contributed by atoms with E-state index in [4.69, 9.17) is 0 Å². The van der Waals surface area contributed by atoms with Crippen LogP contribution in [0.5, 0.6) is 0 Å². The molecule has 2 aromatic carbocycles. The minimum absolute atomic E-state index is 0.555. The van der Waals surface area contributed by atoms with Crippen molar-refractivity contribution in [3.05, 3.63) is 70.2 Å². The largest absolute Gasteiger partial charge is 0.316 e. The molecule has 0 spiro atoms. The standard InChI is InChI=1S/C18H22BrN/c1-15(17-9-11-18(19)12-10-17)14-20-13-5-8-16-6-3-2-4-7-16/h2-4,6-7,9-12,15,20H,5,8,13-14H2,1H3. The molecule has 0 saturated carbocycles. The minimum atomic E-state index is 0.555. The molecule has 0 heterocycles. The molecule has 2 aromatic rings. The van der Waals surface area contributed by atoms with E-state index in [1.54, 1.807) is 0 Å². The minimum Gasteiger partial charge on any atom is -0.316 e. The van der Waals surface area contributed by atoms with Gasteiger partial charge in [-0.25, -0.2) is 0 Å². The average Bonchev–Trinajstić information content (AvgIpc) is 2.48. The quantitative estimate of drug-likeness (QED) is 0.720. The number of rotatable bonds is 7. The number of hydrogen-bond donors (Lipinski definition) is 1. The number of nitrogens with one attached hydrogen (secondary N) is 1. The fourth-order valence-electron chi connectivity index (χ4n) is 2.29. The van der Waals surface area contributed by atoms with Crippen molar-refractivity contribution >= 4 is 15.9 Å². The first-order valence-corrected chi connectivity index (χ1v) is 8.05. The van der Waals surface area contributed by atoms with Gasteiger partial charge in [-0.05, 0) is 48.6 Å². The molecule has 0 aliphatic heterocycles. The SMILES string of the molecule is CC(CNCCCc1ccccc1)c1ccc(Br)cc1. The van der Waals surface area contributed by atoms with Gasteiger partial charge in [0.15, 0.2) is 0 Å². The third-order valence-electron chi connectivity index (χ3n) is 3.55. The summed E-state index contributed by atoms with van der Waals surface area (Å²) in [5.41, 5.74) is 2.82. The number of halogens is 1. The summed E-state index contributed by atoms with van der Waals surface area (Å²) >= 11 is 3.47. The Balaban J connectivity index is 1.64. The molecule has 0 radical (unpaired) electrons. The fraction of sp³-hybridized carbons (Fsp3) is 0.333. The summed E-state index contributed by atoms with van der Waals surface area (Å²) in [7, 11) is 0. The highest BCUT2D eigenvalue weighted by atomic mass is 79.9. The first kappa shape index (κ1) is 15.3. The van der Waals surface area contributed by atoms with E-state index in [1.807, 2.05) is 0 Å². The van der Waals surface area contributed by atoms with Crippen LogP contribution in [0.15, 0.2) is 59.1 Å². The third-order valence-corrected chi connectivity index (χ3v) is 4.08. The maximum atomic E-state index is 3.56. The van der Waals surface area contributed by atoms with E-state index in [1.165, 1.54) is 17.5 Å². The lowest BCUT2D eigenvalue weighted by Crippen LogP contribution is -2.21. The average molecular weight is 332 g/mol. The highest BCUT2D eigenvalue weighted by Crippen LogP contribution is 2.17. The molecule has 0 amide bonds. The van der Waals surface area contributed by atoms with Crippen molar-refractivity contribution in [1.82, 2.24) is 5.32 Å². The van der Waals surface area contributed by atoms with E-state index < -0.39 is 0 Å². The van der Waals surface area contributed by atoms with Crippen LogP contribution < -0.4 is 5.32 Å². The Hall–Kier alpha value is -1.12. The summed E-state index contributed by atoms with van der Waals surface area (Å²) in [5, 5.41) is 3.56. The molecule has 0 aliphatic rings. The molecule has 2 rings (SSSR count). The van der Waals surface area contributed by atoms with Gasteiger partial charge in [-0.3, -0.25) is 0 Å². The molecule has 1 unspecified atom stereocenters. The van der Waals surface area contributed by atoms with E-state index in [0.29, 0.717) is 5.92 Å². The van der Waals surface area contributed by atoms with Crippen LogP contribution in [-0.4, -0.2) is 13.1 Å². The zero-order valence-corrected chi connectivity index (χ0v) is 13.6. The molecule has 20 heavy (non-hydrogen) atoms. The lowest BCUT2D eigenvalue weighted by Gasteiger charge is -2.13. The molecule has 1 atom stereocenters. The van der Waals surface area contributed by atoms with Gasteiger partial charge in [0.25, 0.3) is 0 Å². The van der Waals surface area contributed by atoms with Gasteiger partial charge in [0.2, 0.25) is 0 Å². The predicted molar refractivity (Wildman–Crippen MR) is 90.2 cm³/mol. The molecule has 0 bridgehead atoms.